The van der Waals surface area contributed by atoms with Gasteiger partial charge in [0.25, 0.3) is 5.91 Å². The van der Waals surface area contributed by atoms with Gasteiger partial charge >= 0.3 is 0 Å². The number of benzene rings is 2. The van der Waals surface area contributed by atoms with Crippen LogP contribution in [-0.4, -0.2) is 80.3 Å². The molecule has 4 heterocycles. The van der Waals surface area contributed by atoms with E-state index < -0.39 is 0 Å². The minimum Gasteiger partial charge on any atom is -0.496 e. The van der Waals surface area contributed by atoms with E-state index >= 15 is 0 Å². The fraction of sp³-hybridized carbons (Fsp3) is 0.364. The second kappa shape index (κ2) is 11.8. The molecular weight excluding hydrogens is 532 g/mol. The molecule has 2 fully saturated rings. The second-order valence-corrected chi connectivity index (χ2v) is 11.0. The number of amides is 1. The Morgan fingerprint density at radius 1 is 1.07 bits per heavy atom. The number of pyridine rings is 1. The summed E-state index contributed by atoms with van der Waals surface area (Å²) in [6, 6.07) is 17.3. The maximum absolute atomic E-state index is 13.3. The van der Waals surface area contributed by atoms with Gasteiger partial charge in [0.2, 0.25) is 0 Å². The standard InChI is InChI=1S/C33H34N4O5/c1-36-13-9-24(20-36)37(2)33(38)22-4-6-27(30(17-22)39-3)31-18-28-32(42-31)26(8-12-35-28)21-5-7-29(23(16-21)19-34)41-25-10-14-40-15-11-25/h4-8,12,16-18,24-25H,9-11,13-15,20H2,1-3H3. The first-order chi connectivity index (χ1) is 20.4. The Morgan fingerprint density at radius 2 is 1.90 bits per heavy atom. The Kier molecular flexibility index (Phi) is 7.83. The van der Waals surface area contributed by atoms with E-state index in [2.05, 4.69) is 23.0 Å². The van der Waals surface area contributed by atoms with Crippen LogP contribution in [0.5, 0.6) is 11.5 Å². The van der Waals surface area contributed by atoms with Crippen LogP contribution in [0, 0.1) is 11.3 Å². The highest BCUT2D eigenvalue weighted by Gasteiger charge is 2.28. The molecule has 216 valence electrons. The third kappa shape index (κ3) is 5.43. The molecule has 1 unspecified atom stereocenters. The first-order valence-electron chi connectivity index (χ1n) is 14.3. The number of nitriles is 1. The van der Waals surface area contributed by atoms with Crippen LogP contribution >= 0.6 is 0 Å². The van der Waals surface area contributed by atoms with Gasteiger partial charge in [0.15, 0.2) is 5.58 Å². The van der Waals surface area contributed by atoms with Crippen LogP contribution in [0.3, 0.4) is 0 Å². The number of nitrogens with zero attached hydrogens (tertiary/aromatic N) is 4. The fourth-order valence-corrected chi connectivity index (χ4v) is 5.78. The van der Waals surface area contributed by atoms with Crippen molar-refractivity contribution in [1.82, 2.24) is 14.8 Å². The molecule has 0 N–H and O–H groups in total. The van der Waals surface area contributed by atoms with Crippen molar-refractivity contribution >= 4 is 17.0 Å². The van der Waals surface area contributed by atoms with Gasteiger partial charge in [0.05, 0.1) is 31.5 Å². The molecule has 0 radical (unpaired) electrons. The van der Waals surface area contributed by atoms with Gasteiger partial charge in [-0.1, -0.05) is 6.07 Å². The first-order valence-corrected chi connectivity index (χ1v) is 14.3. The summed E-state index contributed by atoms with van der Waals surface area (Å²) in [4.78, 5) is 21.8. The van der Waals surface area contributed by atoms with Crippen molar-refractivity contribution < 1.29 is 23.4 Å². The Bertz CT molecular complexity index is 1650. The molecule has 0 spiro atoms. The summed E-state index contributed by atoms with van der Waals surface area (Å²) >= 11 is 0. The smallest absolute Gasteiger partial charge is 0.254 e. The number of aromatic nitrogens is 1. The predicted octanol–water partition coefficient (Wildman–Crippen LogP) is 5.38. The summed E-state index contributed by atoms with van der Waals surface area (Å²) in [7, 11) is 5.52. The molecule has 9 heteroatoms. The predicted molar refractivity (Wildman–Crippen MR) is 159 cm³/mol. The van der Waals surface area contributed by atoms with Gasteiger partial charge in [-0.05, 0) is 62.0 Å². The highest BCUT2D eigenvalue weighted by molar-refractivity contribution is 5.97. The number of ether oxygens (including phenoxy) is 3. The number of carbonyl (C=O) groups excluding carboxylic acids is 1. The summed E-state index contributed by atoms with van der Waals surface area (Å²) in [6.07, 6.45) is 4.34. The van der Waals surface area contributed by atoms with E-state index in [4.69, 9.17) is 18.6 Å². The van der Waals surface area contributed by atoms with Gasteiger partial charge in [-0.25, -0.2) is 0 Å². The molecule has 4 aromatic rings. The van der Waals surface area contributed by atoms with Crippen molar-refractivity contribution in [3.8, 4) is 40.0 Å². The number of fused-ring (bicyclic) bond motifs is 1. The Hall–Kier alpha value is -4.39. The lowest BCUT2D eigenvalue weighted by molar-refractivity contribution is 0.0254. The van der Waals surface area contributed by atoms with Crippen LogP contribution in [0.15, 0.2) is 59.1 Å². The molecule has 42 heavy (non-hydrogen) atoms. The average Bonchev–Trinajstić information content (AvgIpc) is 3.67. The lowest BCUT2D eigenvalue weighted by atomic mass is 10.0. The van der Waals surface area contributed by atoms with E-state index in [1.165, 1.54) is 0 Å². The molecule has 2 aromatic carbocycles. The van der Waals surface area contributed by atoms with E-state index in [0.717, 1.165) is 49.0 Å². The average molecular weight is 567 g/mol. The minimum atomic E-state index is -0.0359. The summed E-state index contributed by atoms with van der Waals surface area (Å²) in [5.41, 5.74) is 4.67. The van der Waals surface area contributed by atoms with Gasteiger partial charge in [-0.15, -0.1) is 0 Å². The molecule has 2 saturated heterocycles. The lowest BCUT2D eigenvalue weighted by Crippen LogP contribution is -2.38. The van der Waals surface area contributed by atoms with E-state index in [1.807, 2.05) is 54.4 Å². The topological polar surface area (TPSA) is 101 Å². The summed E-state index contributed by atoms with van der Waals surface area (Å²) in [5.74, 6) is 1.65. The zero-order valence-electron chi connectivity index (χ0n) is 24.1. The van der Waals surface area contributed by atoms with Crippen LogP contribution in [-0.2, 0) is 4.74 Å². The number of furan rings is 1. The zero-order chi connectivity index (χ0) is 29.2. The highest BCUT2D eigenvalue weighted by Crippen LogP contribution is 2.38. The van der Waals surface area contributed by atoms with Crippen molar-refractivity contribution in [2.24, 2.45) is 0 Å². The van der Waals surface area contributed by atoms with Gasteiger partial charge in [0.1, 0.15) is 34.9 Å². The molecule has 0 saturated carbocycles. The first kappa shape index (κ1) is 27.8. The molecule has 2 aliphatic rings. The van der Waals surface area contributed by atoms with E-state index in [-0.39, 0.29) is 18.1 Å². The van der Waals surface area contributed by atoms with Crippen molar-refractivity contribution in [3.05, 3.63) is 65.9 Å². The Balaban J connectivity index is 1.29. The number of likely N-dealkylation sites (N-methyl/N-ethyl adjacent to an activating group) is 2. The molecular formula is C33H34N4O5. The SMILES string of the molecule is COc1cc(C(=O)N(C)C2CCN(C)C2)ccc1-c1cc2nccc(-c3ccc(OC4CCOCC4)c(C#N)c3)c2o1. The number of rotatable bonds is 7. The largest absolute Gasteiger partial charge is 0.496 e. The van der Waals surface area contributed by atoms with Crippen LogP contribution in [0.2, 0.25) is 0 Å². The van der Waals surface area contributed by atoms with Gasteiger partial charge < -0.3 is 28.4 Å². The van der Waals surface area contributed by atoms with Crippen LogP contribution in [0.1, 0.15) is 35.2 Å². The maximum Gasteiger partial charge on any atom is 0.254 e. The van der Waals surface area contributed by atoms with Crippen molar-refractivity contribution in [2.45, 2.75) is 31.4 Å². The number of methoxy groups -OCH3 is 1. The molecule has 0 bridgehead atoms. The lowest BCUT2D eigenvalue weighted by Gasteiger charge is -2.24. The van der Waals surface area contributed by atoms with Gasteiger partial charge in [-0.3, -0.25) is 9.78 Å². The van der Waals surface area contributed by atoms with Gasteiger partial charge in [-0.2, -0.15) is 5.26 Å². The van der Waals surface area contributed by atoms with Crippen molar-refractivity contribution in [2.75, 3.05) is 47.5 Å². The Morgan fingerprint density at radius 3 is 2.64 bits per heavy atom. The summed E-state index contributed by atoms with van der Waals surface area (Å²) < 4.78 is 23.6. The molecule has 6 rings (SSSR count). The van der Waals surface area contributed by atoms with Crippen LogP contribution in [0.25, 0.3) is 33.6 Å². The summed E-state index contributed by atoms with van der Waals surface area (Å²) in [5, 5.41) is 9.88. The fourth-order valence-electron chi connectivity index (χ4n) is 5.78. The van der Waals surface area contributed by atoms with Gasteiger partial charge in [0, 0.05) is 55.9 Å². The number of hydrogen-bond donors (Lipinski definition) is 0. The molecule has 1 amide bonds. The van der Waals surface area contributed by atoms with E-state index in [9.17, 15) is 10.1 Å². The minimum absolute atomic E-state index is 0.0359. The van der Waals surface area contributed by atoms with Crippen molar-refractivity contribution in [1.29, 1.82) is 5.26 Å². The molecule has 2 aliphatic heterocycles. The third-order valence-electron chi connectivity index (χ3n) is 8.23. The van der Waals surface area contributed by atoms with Crippen molar-refractivity contribution in [3.63, 3.8) is 0 Å². The quantitative estimate of drug-likeness (QED) is 0.294. The van der Waals surface area contributed by atoms with Crippen LogP contribution in [0.4, 0.5) is 0 Å². The highest BCUT2D eigenvalue weighted by atomic mass is 16.5. The number of likely N-dealkylation sites (tertiary alicyclic amines) is 1. The zero-order valence-corrected chi connectivity index (χ0v) is 24.1. The second-order valence-electron chi connectivity index (χ2n) is 11.0. The van der Waals surface area contributed by atoms with E-state index in [1.54, 1.807) is 19.4 Å². The normalized spacial score (nSPS) is 17.7. The monoisotopic (exact) mass is 566 g/mol. The Labute approximate surface area is 245 Å². The third-order valence-corrected chi connectivity index (χ3v) is 8.23. The number of hydrogen-bond acceptors (Lipinski definition) is 8. The molecule has 0 aliphatic carbocycles. The molecule has 2 aromatic heterocycles. The van der Waals surface area contributed by atoms with E-state index in [0.29, 0.717) is 52.7 Å². The van der Waals surface area contributed by atoms with Crippen LogP contribution < -0.4 is 9.47 Å². The molecule has 9 nitrogen and oxygen atoms in total. The molecule has 1 atom stereocenters. The number of carbonyl (C=O) groups is 1. The maximum atomic E-state index is 13.3. The summed E-state index contributed by atoms with van der Waals surface area (Å²) in [6.45, 7) is 3.19.